The minimum Gasteiger partial charge on any atom is -0.497 e. The monoisotopic (exact) mass is 285 g/mol. The third kappa shape index (κ3) is 3.39. The summed E-state index contributed by atoms with van der Waals surface area (Å²) in [6, 6.07) is 13.5. The van der Waals surface area contributed by atoms with Crippen LogP contribution in [0, 0.1) is 0 Å². The Hall–Kier alpha value is -2.82. The molecule has 0 atom stereocenters. The highest BCUT2D eigenvalue weighted by atomic mass is 16.6. The summed E-state index contributed by atoms with van der Waals surface area (Å²) in [4.78, 5) is 23.9. The second kappa shape index (κ2) is 6.56. The molecule has 0 aliphatic heterocycles. The fourth-order valence-corrected chi connectivity index (χ4v) is 1.80. The van der Waals surface area contributed by atoms with Gasteiger partial charge in [0.05, 0.1) is 12.7 Å². The van der Waals surface area contributed by atoms with Crippen LogP contribution in [0.1, 0.15) is 15.9 Å². The molecule has 0 heterocycles. The third-order valence-electron chi connectivity index (χ3n) is 2.88. The summed E-state index contributed by atoms with van der Waals surface area (Å²) in [5.74, 6) is 0.429. The van der Waals surface area contributed by atoms with E-state index in [1.54, 1.807) is 36.4 Å². The quantitative estimate of drug-likeness (QED) is 0.877. The van der Waals surface area contributed by atoms with Crippen molar-refractivity contribution in [1.29, 1.82) is 0 Å². The molecule has 2 aromatic rings. The number of hydrogen-bond acceptors (Lipinski definition) is 4. The fraction of sp³-hybridized carbons (Fsp3) is 0.125. The van der Waals surface area contributed by atoms with E-state index in [4.69, 9.17) is 9.47 Å². The number of nitrogens with one attached hydrogen (secondary N) is 1. The van der Waals surface area contributed by atoms with Crippen molar-refractivity contribution in [2.24, 2.45) is 0 Å². The number of ether oxygens (including phenoxy) is 2. The SMILES string of the molecule is CNC(=O)Oc1cc(OC)ccc1C(=O)c1ccccc1. The molecule has 0 aliphatic carbocycles. The van der Waals surface area contributed by atoms with E-state index in [-0.39, 0.29) is 11.5 Å². The first kappa shape index (κ1) is 14.6. The Labute approximate surface area is 122 Å². The van der Waals surface area contributed by atoms with Gasteiger partial charge in [0, 0.05) is 18.7 Å². The van der Waals surface area contributed by atoms with Gasteiger partial charge in [0.15, 0.2) is 5.78 Å². The Morgan fingerprint density at radius 3 is 2.38 bits per heavy atom. The van der Waals surface area contributed by atoms with Gasteiger partial charge in [0.1, 0.15) is 11.5 Å². The standard InChI is InChI=1S/C16H15NO4/c1-17-16(19)21-14-10-12(20-2)8-9-13(14)15(18)11-6-4-3-5-7-11/h3-10H,1-2H3,(H,17,19). The number of hydrogen-bond donors (Lipinski definition) is 1. The number of rotatable bonds is 4. The highest BCUT2D eigenvalue weighted by molar-refractivity contribution is 6.11. The predicted molar refractivity (Wildman–Crippen MR) is 78.0 cm³/mol. The van der Waals surface area contributed by atoms with Crippen molar-refractivity contribution in [3.8, 4) is 11.5 Å². The third-order valence-corrected chi connectivity index (χ3v) is 2.88. The van der Waals surface area contributed by atoms with Crippen LogP contribution in [-0.4, -0.2) is 26.0 Å². The topological polar surface area (TPSA) is 64.6 Å². The fourth-order valence-electron chi connectivity index (χ4n) is 1.80. The Balaban J connectivity index is 2.42. The van der Waals surface area contributed by atoms with Gasteiger partial charge >= 0.3 is 6.09 Å². The van der Waals surface area contributed by atoms with E-state index in [0.29, 0.717) is 16.9 Å². The Morgan fingerprint density at radius 2 is 1.76 bits per heavy atom. The van der Waals surface area contributed by atoms with Gasteiger partial charge in [0.25, 0.3) is 0 Å². The number of carbonyl (C=O) groups is 2. The van der Waals surface area contributed by atoms with E-state index in [2.05, 4.69) is 5.32 Å². The van der Waals surface area contributed by atoms with E-state index >= 15 is 0 Å². The minimum absolute atomic E-state index is 0.155. The summed E-state index contributed by atoms with van der Waals surface area (Å²) in [5, 5.41) is 2.34. The molecule has 0 saturated carbocycles. The van der Waals surface area contributed by atoms with Gasteiger partial charge in [-0.1, -0.05) is 30.3 Å². The van der Waals surface area contributed by atoms with Crippen LogP contribution in [0.25, 0.3) is 0 Å². The molecule has 2 aromatic carbocycles. The molecule has 21 heavy (non-hydrogen) atoms. The molecule has 0 unspecified atom stereocenters. The molecule has 0 spiro atoms. The predicted octanol–water partition coefficient (Wildman–Crippen LogP) is 2.64. The van der Waals surface area contributed by atoms with Crippen molar-refractivity contribution >= 4 is 11.9 Å². The first-order valence-corrected chi connectivity index (χ1v) is 6.33. The zero-order valence-corrected chi connectivity index (χ0v) is 11.8. The lowest BCUT2D eigenvalue weighted by molar-refractivity contribution is 0.103. The molecule has 0 aliphatic rings. The van der Waals surface area contributed by atoms with Gasteiger partial charge < -0.3 is 14.8 Å². The normalized spacial score (nSPS) is 9.81. The van der Waals surface area contributed by atoms with Crippen LogP contribution in [0.4, 0.5) is 4.79 Å². The highest BCUT2D eigenvalue weighted by Gasteiger charge is 2.17. The second-order valence-electron chi connectivity index (χ2n) is 4.20. The van der Waals surface area contributed by atoms with Gasteiger partial charge in [0.2, 0.25) is 0 Å². The lowest BCUT2D eigenvalue weighted by Crippen LogP contribution is -2.23. The van der Waals surface area contributed by atoms with Crippen molar-refractivity contribution in [3.63, 3.8) is 0 Å². The zero-order chi connectivity index (χ0) is 15.2. The number of benzene rings is 2. The van der Waals surface area contributed by atoms with E-state index in [1.807, 2.05) is 6.07 Å². The molecule has 0 fully saturated rings. The van der Waals surface area contributed by atoms with Crippen molar-refractivity contribution in [1.82, 2.24) is 5.32 Å². The van der Waals surface area contributed by atoms with E-state index in [1.165, 1.54) is 20.2 Å². The van der Waals surface area contributed by atoms with Crippen LogP contribution >= 0.6 is 0 Å². The molecule has 2 rings (SSSR count). The van der Waals surface area contributed by atoms with Crippen LogP contribution in [0.2, 0.25) is 0 Å². The minimum atomic E-state index is -0.648. The number of amides is 1. The van der Waals surface area contributed by atoms with Crippen LogP contribution < -0.4 is 14.8 Å². The average molecular weight is 285 g/mol. The average Bonchev–Trinajstić information content (AvgIpc) is 2.54. The summed E-state index contributed by atoms with van der Waals surface area (Å²) < 4.78 is 10.2. The van der Waals surface area contributed by atoms with Gasteiger partial charge in [-0.3, -0.25) is 4.79 Å². The second-order valence-corrected chi connectivity index (χ2v) is 4.20. The van der Waals surface area contributed by atoms with E-state index in [0.717, 1.165) is 0 Å². The zero-order valence-electron chi connectivity index (χ0n) is 11.8. The summed E-state index contributed by atoms with van der Waals surface area (Å²) >= 11 is 0. The molecule has 5 heteroatoms. The summed E-state index contributed by atoms with van der Waals surface area (Å²) in [6.45, 7) is 0. The first-order valence-electron chi connectivity index (χ1n) is 6.33. The number of carbonyl (C=O) groups excluding carboxylic acids is 2. The molecule has 108 valence electrons. The lowest BCUT2D eigenvalue weighted by atomic mass is 10.0. The molecule has 0 saturated heterocycles. The molecular weight excluding hydrogens is 270 g/mol. The Bertz CT molecular complexity index is 653. The molecular formula is C16H15NO4. The van der Waals surface area contributed by atoms with Gasteiger partial charge in [-0.25, -0.2) is 4.79 Å². The van der Waals surface area contributed by atoms with Crippen LogP contribution in [0.3, 0.4) is 0 Å². The first-order chi connectivity index (χ1) is 10.2. The number of methoxy groups -OCH3 is 1. The van der Waals surface area contributed by atoms with Crippen LogP contribution in [0.15, 0.2) is 48.5 Å². The molecule has 1 amide bonds. The van der Waals surface area contributed by atoms with Crippen molar-refractivity contribution in [2.45, 2.75) is 0 Å². The summed E-state index contributed by atoms with van der Waals surface area (Å²) in [6.07, 6.45) is -0.648. The Morgan fingerprint density at radius 1 is 1.05 bits per heavy atom. The van der Waals surface area contributed by atoms with Crippen molar-refractivity contribution < 1.29 is 19.1 Å². The maximum Gasteiger partial charge on any atom is 0.412 e. The highest BCUT2D eigenvalue weighted by Crippen LogP contribution is 2.27. The molecule has 5 nitrogen and oxygen atoms in total. The summed E-state index contributed by atoms with van der Waals surface area (Å²) in [7, 11) is 2.94. The largest absolute Gasteiger partial charge is 0.497 e. The van der Waals surface area contributed by atoms with Crippen LogP contribution in [0.5, 0.6) is 11.5 Å². The molecule has 0 radical (unpaired) electrons. The van der Waals surface area contributed by atoms with Gasteiger partial charge in [-0.15, -0.1) is 0 Å². The van der Waals surface area contributed by atoms with Gasteiger partial charge in [-0.05, 0) is 12.1 Å². The molecule has 1 N–H and O–H groups in total. The Kier molecular flexibility index (Phi) is 4.56. The van der Waals surface area contributed by atoms with Crippen molar-refractivity contribution in [3.05, 3.63) is 59.7 Å². The lowest BCUT2D eigenvalue weighted by Gasteiger charge is -2.11. The molecule has 0 bridgehead atoms. The maximum atomic E-state index is 12.5. The van der Waals surface area contributed by atoms with Gasteiger partial charge in [-0.2, -0.15) is 0 Å². The summed E-state index contributed by atoms with van der Waals surface area (Å²) in [5.41, 5.74) is 0.815. The number of ketones is 1. The maximum absolute atomic E-state index is 12.5. The van der Waals surface area contributed by atoms with E-state index in [9.17, 15) is 9.59 Å². The van der Waals surface area contributed by atoms with E-state index < -0.39 is 6.09 Å². The smallest absolute Gasteiger partial charge is 0.412 e. The van der Waals surface area contributed by atoms with Crippen LogP contribution in [-0.2, 0) is 0 Å². The van der Waals surface area contributed by atoms with Crippen molar-refractivity contribution in [2.75, 3.05) is 14.2 Å². The molecule has 0 aromatic heterocycles.